The van der Waals surface area contributed by atoms with E-state index in [2.05, 4.69) is 21.5 Å². The fourth-order valence-corrected chi connectivity index (χ4v) is 1.98. The Labute approximate surface area is 149 Å². The fourth-order valence-electron chi connectivity index (χ4n) is 1.98. The SMILES string of the molecule is Cc1ccc(NCC(=O)NNC(=O)CNC(=O)c2ccccc2F)cc1. The lowest BCUT2D eigenvalue weighted by Gasteiger charge is -2.10. The van der Waals surface area contributed by atoms with Crippen molar-refractivity contribution < 1.29 is 18.8 Å². The summed E-state index contributed by atoms with van der Waals surface area (Å²) in [5.74, 6) is -2.50. The van der Waals surface area contributed by atoms with Crippen molar-refractivity contribution in [2.75, 3.05) is 18.4 Å². The molecule has 0 radical (unpaired) electrons. The molecule has 26 heavy (non-hydrogen) atoms. The molecule has 136 valence electrons. The van der Waals surface area contributed by atoms with Crippen LogP contribution in [0.1, 0.15) is 15.9 Å². The molecule has 0 fully saturated rings. The molecule has 4 N–H and O–H groups in total. The molecule has 0 bridgehead atoms. The van der Waals surface area contributed by atoms with Crippen molar-refractivity contribution >= 4 is 23.4 Å². The van der Waals surface area contributed by atoms with E-state index in [1.165, 1.54) is 18.2 Å². The van der Waals surface area contributed by atoms with E-state index in [0.29, 0.717) is 0 Å². The smallest absolute Gasteiger partial charge is 0.257 e. The minimum Gasteiger partial charge on any atom is -0.376 e. The Morgan fingerprint density at radius 1 is 0.885 bits per heavy atom. The third-order valence-corrected chi connectivity index (χ3v) is 3.37. The normalized spacial score (nSPS) is 9.92. The largest absolute Gasteiger partial charge is 0.376 e. The molecule has 0 spiro atoms. The van der Waals surface area contributed by atoms with Crippen LogP contribution in [0.5, 0.6) is 0 Å². The van der Waals surface area contributed by atoms with Gasteiger partial charge in [0.15, 0.2) is 0 Å². The van der Waals surface area contributed by atoms with Crippen molar-refractivity contribution in [1.29, 1.82) is 0 Å². The number of anilines is 1. The fraction of sp³-hybridized carbons (Fsp3) is 0.167. The van der Waals surface area contributed by atoms with E-state index in [9.17, 15) is 18.8 Å². The predicted molar refractivity (Wildman–Crippen MR) is 94.7 cm³/mol. The van der Waals surface area contributed by atoms with E-state index in [1.807, 2.05) is 31.2 Å². The van der Waals surface area contributed by atoms with E-state index in [0.717, 1.165) is 17.3 Å². The molecule has 7 nitrogen and oxygen atoms in total. The van der Waals surface area contributed by atoms with Gasteiger partial charge in [-0.1, -0.05) is 29.8 Å². The first-order chi connectivity index (χ1) is 12.5. The van der Waals surface area contributed by atoms with Crippen LogP contribution in [0.2, 0.25) is 0 Å². The number of carbonyl (C=O) groups is 3. The minimum absolute atomic E-state index is 0.0368. The van der Waals surface area contributed by atoms with Gasteiger partial charge in [-0.2, -0.15) is 0 Å². The second kappa shape index (κ2) is 9.16. The molecule has 0 unspecified atom stereocenters. The number of carbonyl (C=O) groups excluding carboxylic acids is 3. The molecule has 0 saturated carbocycles. The molecular formula is C18H19FN4O3. The van der Waals surface area contributed by atoms with E-state index < -0.39 is 30.1 Å². The van der Waals surface area contributed by atoms with Gasteiger partial charge in [-0.25, -0.2) is 4.39 Å². The summed E-state index contributed by atoms with van der Waals surface area (Å²) < 4.78 is 13.4. The zero-order valence-electron chi connectivity index (χ0n) is 14.1. The van der Waals surface area contributed by atoms with Gasteiger partial charge < -0.3 is 10.6 Å². The van der Waals surface area contributed by atoms with Crippen molar-refractivity contribution in [2.24, 2.45) is 0 Å². The van der Waals surface area contributed by atoms with Gasteiger partial charge >= 0.3 is 0 Å². The van der Waals surface area contributed by atoms with E-state index in [1.54, 1.807) is 0 Å². The molecule has 0 heterocycles. The number of hydrogen-bond donors (Lipinski definition) is 4. The molecule has 0 saturated heterocycles. The van der Waals surface area contributed by atoms with Crippen LogP contribution in [0.3, 0.4) is 0 Å². The first kappa shape index (κ1) is 18.9. The second-order valence-corrected chi connectivity index (χ2v) is 5.48. The van der Waals surface area contributed by atoms with Gasteiger partial charge in [-0.05, 0) is 31.2 Å². The molecule has 0 aliphatic rings. The van der Waals surface area contributed by atoms with Gasteiger partial charge in [0, 0.05) is 5.69 Å². The van der Waals surface area contributed by atoms with Gasteiger partial charge in [0.05, 0.1) is 18.7 Å². The van der Waals surface area contributed by atoms with Crippen molar-refractivity contribution in [1.82, 2.24) is 16.2 Å². The number of amides is 3. The molecule has 3 amide bonds. The number of benzene rings is 2. The van der Waals surface area contributed by atoms with Gasteiger partial charge in [-0.15, -0.1) is 0 Å². The van der Waals surface area contributed by atoms with Crippen LogP contribution in [0.4, 0.5) is 10.1 Å². The first-order valence-electron chi connectivity index (χ1n) is 7.86. The zero-order chi connectivity index (χ0) is 18.9. The maximum absolute atomic E-state index is 13.4. The highest BCUT2D eigenvalue weighted by Gasteiger charge is 2.12. The summed E-state index contributed by atoms with van der Waals surface area (Å²) in [5, 5.41) is 5.17. The number of aryl methyl sites for hydroxylation is 1. The summed E-state index contributed by atoms with van der Waals surface area (Å²) in [5.41, 5.74) is 6.09. The van der Waals surface area contributed by atoms with Gasteiger partial charge in [0.1, 0.15) is 5.82 Å². The predicted octanol–water partition coefficient (Wildman–Crippen LogP) is 1.12. The zero-order valence-corrected chi connectivity index (χ0v) is 14.1. The van der Waals surface area contributed by atoms with Crippen LogP contribution in [-0.4, -0.2) is 30.8 Å². The summed E-state index contributed by atoms with van der Waals surface area (Å²) >= 11 is 0. The molecule has 0 atom stereocenters. The lowest BCUT2D eigenvalue weighted by Crippen LogP contribution is -2.48. The highest BCUT2D eigenvalue weighted by molar-refractivity contribution is 5.96. The Morgan fingerprint density at radius 2 is 1.50 bits per heavy atom. The monoisotopic (exact) mass is 358 g/mol. The van der Waals surface area contributed by atoms with E-state index in [-0.39, 0.29) is 12.1 Å². The molecule has 0 aliphatic heterocycles. The second-order valence-electron chi connectivity index (χ2n) is 5.48. The summed E-state index contributed by atoms with van der Waals surface area (Å²) in [4.78, 5) is 35.1. The van der Waals surface area contributed by atoms with Crippen molar-refractivity contribution in [2.45, 2.75) is 6.92 Å². The molecule has 0 aromatic heterocycles. The van der Waals surface area contributed by atoms with Gasteiger partial charge in [0.25, 0.3) is 17.7 Å². The quantitative estimate of drug-likeness (QED) is 0.582. The molecule has 2 aromatic rings. The summed E-state index contributed by atoms with van der Waals surface area (Å²) in [7, 11) is 0. The highest BCUT2D eigenvalue weighted by atomic mass is 19.1. The van der Waals surface area contributed by atoms with E-state index >= 15 is 0 Å². The maximum Gasteiger partial charge on any atom is 0.257 e. The average Bonchev–Trinajstić information content (AvgIpc) is 2.64. The maximum atomic E-state index is 13.4. The number of hydrogen-bond acceptors (Lipinski definition) is 4. The van der Waals surface area contributed by atoms with Crippen LogP contribution in [0, 0.1) is 12.7 Å². The number of hydrazine groups is 1. The van der Waals surface area contributed by atoms with E-state index in [4.69, 9.17) is 0 Å². The van der Waals surface area contributed by atoms with Crippen molar-refractivity contribution in [3.8, 4) is 0 Å². The topological polar surface area (TPSA) is 99.3 Å². The number of nitrogens with one attached hydrogen (secondary N) is 4. The van der Waals surface area contributed by atoms with Gasteiger partial charge in [-0.3, -0.25) is 25.2 Å². The Morgan fingerprint density at radius 3 is 2.15 bits per heavy atom. The third kappa shape index (κ3) is 5.90. The number of halogens is 1. The molecular weight excluding hydrogens is 339 g/mol. The van der Waals surface area contributed by atoms with Crippen LogP contribution >= 0.6 is 0 Å². The lowest BCUT2D eigenvalue weighted by molar-refractivity contribution is -0.127. The Kier molecular flexibility index (Phi) is 6.67. The Balaban J connectivity index is 1.68. The third-order valence-electron chi connectivity index (χ3n) is 3.37. The molecule has 8 heteroatoms. The summed E-state index contributed by atoms with van der Waals surface area (Å²) in [6, 6.07) is 12.9. The Bertz CT molecular complexity index is 793. The molecule has 2 aromatic carbocycles. The molecule has 0 aliphatic carbocycles. The van der Waals surface area contributed by atoms with Crippen molar-refractivity contribution in [3.63, 3.8) is 0 Å². The molecule has 2 rings (SSSR count). The van der Waals surface area contributed by atoms with Crippen LogP contribution in [0.25, 0.3) is 0 Å². The lowest BCUT2D eigenvalue weighted by atomic mass is 10.2. The summed E-state index contributed by atoms with van der Waals surface area (Å²) in [6.45, 7) is 1.51. The van der Waals surface area contributed by atoms with Crippen LogP contribution in [-0.2, 0) is 9.59 Å². The van der Waals surface area contributed by atoms with Crippen LogP contribution < -0.4 is 21.5 Å². The van der Waals surface area contributed by atoms with Gasteiger partial charge in [0.2, 0.25) is 0 Å². The van der Waals surface area contributed by atoms with Crippen LogP contribution in [0.15, 0.2) is 48.5 Å². The average molecular weight is 358 g/mol. The Hall–Kier alpha value is -3.42. The number of rotatable bonds is 6. The van der Waals surface area contributed by atoms with Crippen molar-refractivity contribution in [3.05, 3.63) is 65.5 Å². The summed E-state index contributed by atoms with van der Waals surface area (Å²) in [6.07, 6.45) is 0. The minimum atomic E-state index is -0.717. The highest BCUT2D eigenvalue weighted by Crippen LogP contribution is 2.07. The first-order valence-corrected chi connectivity index (χ1v) is 7.86. The standard InChI is InChI=1S/C18H19FN4O3/c1-12-6-8-13(9-7-12)20-10-16(24)22-23-17(25)11-21-18(26)14-4-2-3-5-15(14)19/h2-9,20H,10-11H2,1H3,(H,21,26)(H,22,24)(H,23,25).